The molecule has 5 aliphatic carbocycles. The van der Waals surface area contributed by atoms with Crippen LogP contribution < -0.4 is 0 Å². The van der Waals surface area contributed by atoms with E-state index < -0.39 is 0 Å². The van der Waals surface area contributed by atoms with E-state index in [9.17, 15) is 0 Å². The first-order valence-electron chi connectivity index (χ1n) is 45.6. The van der Waals surface area contributed by atoms with E-state index in [0.29, 0.717) is 0 Å². The molecule has 0 N–H and O–H groups in total. The summed E-state index contributed by atoms with van der Waals surface area (Å²) < 4.78 is 0. The van der Waals surface area contributed by atoms with E-state index in [-0.39, 0.29) is 0 Å². The van der Waals surface area contributed by atoms with Crippen LogP contribution in [0.25, 0.3) is 166 Å². The molecule has 0 saturated carbocycles. The topological polar surface area (TPSA) is 0 Å². The summed E-state index contributed by atoms with van der Waals surface area (Å²) >= 11 is 0. The van der Waals surface area contributed by atoms with Gasteiger partial charge in [0.15, 0.2) is 0 Å². The fourth-order valence-electron chi connectivity index (χ4n) is 20.8. The maximum Gasteiger partial charge on any atom is -0.000464 e. The minimum absolute atomic E-state index is 0.991. The van der Waals surface area contributed by atoms with Crippen molar-refractivity contribution in [3.05, 3.63) is 526 Å². The first kappa shape index (κ1) is 80.8. The lowest BCUT2D eigenvalue weighted by Crippen LogP contribution is -1.91. The van der Waals surface area contributed by atoms with Crippen LogP contribution in [0.4, 0.5) is 0 Å². The zero-order chi connectivity index (χ0) is 87.0. The summed E-state index contributed by atoms with van der Waals surface area (Å²) in [6.07, 6.45) is 5.28. The standard InChI is InChI=1S/C32H24.C26H20.2C20H16.C17H12.C14H12/c1-22-17-26(23-11-5-2-6-12-23)19-30-28(22)21-32-29(25-15-9-4-10-16-25)18-27(20-31(30)32)24-13-7-3-8-14-24;1-18-14-23(20-10-6-3-7-11-20)17-26-24(18)16-22-13-12-21(15-25(22)26)19-8-4-2-5-9-19;1-14-7-5-11-17-18-12-6-10-16(20(18)13-19(14)17)15-8-3-2-4-9-15;1-14-6-5-9-18-19(14)13-17-11-10-16(12-20(17)18)15-7-3-2-4-8-15;1-11-9-14-7-5-12-3-2-4-13-6-8-15(10-11)17(14)16(12)13;1-10-5-4-8-13-12-7-3-2-6-11(12)9-14(10)13/h2-20H,21H2,1H3;2-15,17H,16H2,1H3;2*2-12H,13H2,1H3;2-10H,1H3;2-8H,9H2,1H3. The van der Waals surface area contributed by atoms with Crippen molar-refractivity contribution in [3.8, 4) is 134 Å². The Labute approximate surface area is 759 Å². The molecule has 0 radical (unpaired) electrons. The lowest BCUT2D eigenvalue weighted by Gasteiger charge is -2.13. The first-order valence-corrected chi connectivity index (χ1v) is 45.6. The van der Waals surface area contributed by atoms with Crippen molar-refractivity contribution in [3.63, 3.8) is 0 Å². The summed E-state index contributed by atoms with van der Waals surface area (Å²) in [5.41, 5.74) is 55.2. The monoisotopic (exact) mass is 1650 g/mol. The Morgan fingerprint density at radius 3 is 0.868 bits per heavy atom. The normalized spacial score (nSPS) is 12.0. The van der Waals surface area contributed by atoms with Gasteiger partial charge in [0.25, 0.3) is 0 Å². The van der Waals surface area contributed by atoms with E-state index in [1.807, 2.05) is 0 Å². The molecular weight excluding hydrogens is 1550 g/mol. The smallest absolute Gasteiger partial charge is 0.000464 e. The van der Waals surface area contributed by atoms with Crippen LogP contribution in [0.3, 0.4) is 0 Å². The molecule has 0 nitrogen and oxygen atoms in total. The summed E-state index contributed by atoms with van der Waals surface area (Å²) in [6, 6.07) is 158. The van der Waals surface area contributed by atoms with E-state index in [2.05, 4.69) is 478 Å². The molecule has 0 unspecified atom stereocenters. The fraction of sp³-hybridized carbons (Fsp3) is 0.0853. The summed E-state index contributed by atoms with van der Waals surface area (Å²) in [5.74, 6) is 0. The molecule has 5 aliphatic rings. The molecule has 0 heteroatoms. The van der Waals surface area contributed by atoms with Gasteiger partial charge in [0.1, 0.15) is 0 Å². The van der Waals surface area contributed by atoms with Gasteiger partial charge in [-0.2, -0.15) is 0 Å². The predicted molar refractivity (Wildman–Crippen MR) is 550 cm³/mol. The summed E-state index contributed by atoms with van der Waals surface area (Å²) in [5, 5.41) is 8.19. The lowest BCUT2D eigenvalue weighted by molar-refractivity contribution is 1.22. The maximum atomic E-state index is 2.40. The van der Waals surface area contributed by atoms with Crippen molar-refractivity contribution in [1.82, 2.24) is 0 Å². The molecule has 0 aliphatic heterocycles. The van der Waals surface area contributed by atoms with E-state index in [4.69, 9.17) is 0 Å². The second-order valence-corrected chi connectivity index (χ2v) is 35.5. The molecule has 0 heterocycles. The third-order valence-corrected chi connectivity index (χ3v) is 27.4. The Morgan fingerprint density at radius 1 is 0.132 bits per heavy atom. The Balaban J connectivity index is 0.0000000957. The third kappa shape index (κ3) is 16.0. The molecule has 0 aromatic heterocycles. The van der Waals surface area contributed by atoms with E-state index in [1.54, 1.807) is 0 Å². The van der Waals surface area contributed by atoms with Crippen molar-refractivity contribution in [2.24, 2.45) is 0 Å². The van der Waals surface area contributed by atoms with Crippen LogP contribution in [0.2, 0.25) is 0 Å². The molecule has 21 aromatic rings. The maximum absolute atomic E-state index is 2.40. The molecule has 0 atom stereocenters. The summed E-state index contributed by atoms with van der Waals surface area (Å²) in [6.45, 7) is 13.3. The van der Waals surface area contributed by atoms with Crippen LogP contribution >= 0.6 is 0 Å². The van der Waals surface area contributed by atoms with Crippen LogP contribution in [0, 0.1) is 41.5 Å². The van der Waals surface area contributed by atoms with Gasteiger partial charge in [-0.15, -0.1) is 0 Å². The number of aryl methyl sites for hydroxylation is 6. The summed E-state index contributed by atoms with van der Waals surface area (Å²) in [7, 11) is 0. The van der Waals surface area contributed by atoms with Gasteiger partial charge in [-0.25, -0.2) is 0 Å². The molecule has 0 bridgehead atoms. The highest BCUT2D eigenvalue weighted by atomic mass is 14.3. The van der Waals surface area contributed by atoms with Crippen LogP contribution in [-0.2, 0) is 32.1 Å². The van der Waals surface area contributed by atoms with Gasteiger partial charge in [0.2, 0.25) is 0 Å². The molecule has 0 spiro atoms. The third-order valence-electron chi connectivity index (χ3n) is 27.4. The predicted octanol–water partition coefficient (Wildman–Crippen LogP) is 34.4. The van der Waals surface area contributed by atoms with Gasteiger partial charge < -0.3 is 0 Å². The van der Waals surface area contributed by atoms with Gasteiger partial charge in [0, 0.05) is 0 Å². The second kappa shape index (κ2) is 35.2. The van der Waals surface area contributed by atoms with Crippen molar-refractivity contribution < 1.29 is 0 Å². The SMILES string of the molecule is Cc1cc(-c2ccccc2)cc2c1Cc1c(-c3ccccc3)cc(-c3ccccc3)cc1-2.Cc1cc(-c2ccccc2)cc2c1Cc1ccc(-c3ccccc3)cc1-2.Cc1cc2ccc3cccc4ccc(c1)c2c34.Cc1cccc2c1Cc1c(-c3ccccc3)cccc1-2.Cc1cccc2c1Cc1ccc(-c3ccccc3)cc1-2.Cc1cccc2c1Cc1ccccc1-2. The average Bonchev–Trinajstić information content (AvgIpc) is 1.60. The largest absolute Gasteiger partial charge is 0.0622 e. The minimum Gasteiger partial charge on any atom is -0.0622 e. The lowest BCUT2D eigenvalue weighted by atomic mass is 9.90. The zero-order valence-corrected chi connectivity index (χ0v) is 74.1. The highest BCUT2D eigenvalue weighted by Gasteiger charge is 2.29. The van der Waals surface area contributed by atoms with Gasteiger partial charge in [0.05, 0.1) is 0 Å². The number of hydrogen-bond donors (Lipinski definition) is 0. The van der Waals surface area contributed by atoms with E-state index >= 15 is 0 Å². The number of benzene rings is 21. The van der Waals surface area contributed by atoms with Gasteiger partial charge >= 0.3 is 0 Å². The Bertz CT molecular complexity index is 7680. The quantitative estimate of drug-likeness (QED) is 0.140. The first-order chi connectivity index (χ1) is 63.4. The summed E-state index contributed by atoms with van der Waals surface area (Å²) in [4.78, 5) is 0. The molecular formula is C129H100. The zero-order valence-electron chi connectivity index (χ0n) is 74.1. The van der Waals surface area contributed by atoms with Crippen molar-refractivity contribution in [1.29, 1.82) is 0 Å². The number of hydrogen-bond acceptors (Lipinski definition) is 0. The molecule has 21 aromatic carbocycles. The van der Waals surface area contributed by atoms with Gasteiger partial charge in [-0.1, -0.05) is 400 Å². The average molecular weight is 1650 g/mol. The Morgan fingerprint density at radius 2 is 0.403 bits per heavy atom. The molecule has 616 valence electrons. The Kier molecular flexibility index (Phi) is 22.1. The van der Waals surface area contributed by atoms with E-state index in [1.165, 1.54) is 255 Å². The van der Waals surface area contributed by atoms with Crippen molar-refractivity contribution in [2.75, 3.05) is 0 Å². The van der Waals surface area contributed by atoms with Gasteiger partial charge in [-0.05, 0) is 365 Å². The fourth-order valence-corrected chi connectivity index (χ4v) is 20.8. The van der Waals surface area contributed by atoms with Gasteiger partial charge in [-0.3, -0.25) is 0 Å². The van der Waals surface area contributed by atoms with Crippen LogP contribution in [0.15, 0.2) is 437 Å². The minimum atomic E-state index is 0.991. The highest BCUT2D eigenvalue weighted by Crippen LogP contribution is 2.50. The molecule has 26 rings (SSSR count). The molecule has 0 saturated heterocycles. The number of fused-ring (bicyclic) bond motifs is 15. The Hall–Kier alpha value is -15.3. The van der Waals surface area contributed by atoms with Crippen LogP contribution in [0.5, 0.6) is 0 Å². The van der Waals surface area contributed by atoms with E-state index in [0.717, 1.165) is 32.1 Å². The van der Waals surface area contributed by atoms with Crippen molar-refractivity contribution >= 4 is 32.3 Å². The molecule has 0 fully saturated rings. The van der Waals surface area contributed by atoms with Crippen LogP contribution in [-0.4, -0.2) is 0 Å². The highest BCUT2D eigenvalue weighted by molar-refractivity contribution is 6.23. The molecule has 129 heavy (non-hydrogen) atoms. The number of rotatable bonds is 7. The second-order valence-electron chi connectivity index (χ2n) is 35.5. The van der Waals surface area contributed by atoms with Crippen molar-refractivity contribution in [2.45, 2.75) is 73.6 Å². The van der Waals surface area contributed by atoms with Crippen LogP contribution in [0.1, 0.15) is 89.0 Å². The molecule has 0 amide bonds.